The Labute approximate surface area is 111 Å². The summed E-state index contributed by atoms with van der Waals surface area (Å²) in [4.78, 5) is 0. The van der Waals surface area contributed by atoms with Crippen LogP contribution in [0.5, 0.6) is 0 Å². The van der Waals surface area contributed by atoms with E-state index in [9.17, 15) is 0 Å². The third-order valence-corrected chi connectivity index (χ3v) is 3.20. The highest BCUT2D eigenvalue weighted by atomic mass is 16.7. The van der Waals surface area contributed by atoms with Gasteiger partial charge in [-0.3, -0.25) is 0 Å². The van der Waals surface area contributed by atoms with Gasteiger partial charge in [-0.25, -0.2) is 0 Å². The minimum atomic E-state index is -0.220. The molecule has 1 saturated heterocycles. The zero-order valence-corrected chi connectivity index (χ0v) is 12.4. The molecule has 0 unspecified atom stereocenters. The van der Waals surface area contributed by atoms with Crippen LogP contribution in [0, 0.1) is 17.8 Å². The van der Waals surface area contributed by atoms with E-state index in [2.05, 4.69) is 32.6 Å². The summed E-state index contributed by atoms with van der Waals surface area (Å²) in [6.45, 7) is 13.9. The summed E-state index contributed by atoms with van der Waals surface area (Å²) in [6.07, 6.45) is -0.220. The summed E-state index contributed by atoms with van der Waals surface area (Å²) in [5.41, 5.74) is 4.50. The van der Waals surface area contributed by atoms with Gasteiger partial charge in [-0.05, 0) is 45.8 Å². The van der Waals surface area contributed by atoms with Gasteiger partial charge >= 0.3 is 0 Å². The molecule has 1 heterocycles. The Kier molecular flexibility index (Phi) is 5.65. The van der Waals surface area contributed by atoms with Gasteiger partial charge in [0.1, 0.15) is 0 Å². The first kappa shape index (κ1) is 15.0. The summed E-state index contributed by atoms with van der Waals surface area (Å²) in [6, 6.07) is 0. The molecule has 1 aliphatic rings. The van der Waals surface area contributed by atoms with Crippen LogP contribution in [0.25, 0.3) is 0 Å². The Morgan fingerprint density at radius 2 is 1.39 bits per heavy atom. The molecule has 0 N–H and O–H groups in total. The zero-order valence-electron chi connectivity index (χ0n) is 12.4. The van der Waals surface area contributed by atoms with Crippen LogP contribution >= 0.6 is 0 Å². The molecule has 0 bridgehead atoms. The van der Waals surface area contributed by atoms with Crippen LogP contribution in [0.3, 0.4) is 0 Å². The van der Waals surface area contributed by atoms with E-state index in [4.69, 9.17) is 9.47 Å². The Hall–Kier alpha value is -1.04. The summed E-state index contributed by atoms with van der Waals surface area (Å²) >= 11 is 0. The molecule has 1 aliphatic heterocycles. The lowest BCUT2D eigenvalue weighted by Gasteiger charge is -2.28. The maximum atomic E-state index is 5.67. The monoisotopic (exact) mass is 248 g/mol. The van der Waals surface area contributed by atoms with Gasteiger partial charge in [0.15, 0.2) is 6.29 Å². The van der Waals surface area contributed by atoms with Crippen molar-refractivity contribution in [2.24, 2.45) is 5.92 Å². The van der Waals surface area contributed by atoms with Crippen LogP contribution < -0.4 is 0 Å². The van der Waals surface area contributed by atoms with E-state index in [0.717, 1.165) is 29.9 Å². The summed E-state index contributed by atoms with van der Waals surface area (Å²) in [5, 5.41) is 0. The number of rotatable bonds is 1. The highest BCUT2D eigenvalue weighted by Gasteiger charge is 2.21. The largest absolute Gasteiger partial charge is 0.348 e. The molecule has 1 rings (SSSR count). The first-order valence-corrected chi connectivity index (χ1v) is 6.48. The molecular formula is C16H24O2. The van der Waals surface area contributed by atoms with Gasteiger partial charge in [-0.15, -0.1) is 0 Å². The molecule has 0 saturated carbocycles. The third-order valence-electron chi connectivity index (χ3n) is 3.20. The van der Waals surface area contributed by atoms with E-state index in [1.807, 2.05) is 20.8 Å². The lowest BCUT2D eigenvalue weighted by molar-refractivity contribution is -0.177. The predicted octanol–water partition coefficient (Wildman–Crippen LogP) is 3.69. The van der Waals surface area contributed by atoms with Gasteiger partial charge in [-0.2, -0.15) is 0 Å². The van der Waals surface area contributed by atoms with E-state index < -0.39 is 0 Å². The number of ether oxygens (including phenoxy) is 2. The second-order valence-corrected chi connectivity index (χ2v) is 5.29. The van der Waals surface area contributed by atoms with E-state index >= 15 is 0 Å². The zero-order chi connectivity index (χ0) is 13.7. The van der Waals surface area contributed by atoms with Crippen molar-refractivity contribution in [3.8, 4) is 11.8 Å². The predicted molar refractivity (Wildman–Crippen MR) is 75.1 cm³/mol. The van der Waals surface area contributed by atoms with Crippen molar-refractivity contribution in [1.82, 2.24) is 0 Å². The molecule has 0 aromatic heterocycles. The summed E-state index contributed by atoms with van der Waals surface area (Å²) in [5.74, 6) is 6.83. The minimum absolute atomic E-state index is 0.220. The second-order valence-electron chi connectivity index (χ2n) is 5.29. The molecule has 18 heavy (non-hydrogen) atoms. The van der Waals surface area contributed by atoms with Crippen LogP contribution in [-0.2, 0) is 9.47 Å². The van der Waals surface area contributed by atoms with E-state index in [0.29, 0.717) is 5.92 Å². The van der Waals surface area contributed by atoms with E-state index in [1.54, 1.807) is 0 Å². The Morgan fingerprint density at radius 3 is 1.89 bits per heavy atom. The number of hydrogen-bond acceptors (Lipinski definition) is 2. The Balaban J connectivity index is 2.76. The minimum Gasteiger partial charge on any atom is -0.348 e. The van der Waals surface area contributed by atoms with Gasteiger partial charge in [0.05, 0.1) is 13.2 Å². The lowest BCUT2D eigenvalue weighted by Crippen LogP contribution is -2.31. The van der Waals surface area contributed by atoms with Gasteiger partial charge < -0.3 is 9.47 Å². The molecule has 2 nitrogen and oxygen atoms in total. The fourth-order valence-corrected chi connectivity index (χ4v) is 1.44. The fourth-order valence-electron chi connectivity index (χ4n) is 1.44. The molecule has 100 valence electrons. The second kappa shape index (κ2) is 6.78. The molecule has 2 heteroatoms. The average Bonchev–Trinajstić information content (AvgIpc) is 2.35. The molecule has 0 aromatic carbocycles. The Morgan fingerprint density at radius 1 is 0.889 bits per heavy atom. The van der Waals surface area contributed by atoms with Crippen LogP contribution in [0.15, 0.2) is 22.3 Å². The van der Waals surface area contributed by atoms with Gasteiger partial charge in [-0.1, -0.05) is 24.3 Å². The summed E-state index contributed by atoms with van der Waals surface area (Å²) < 4.78 is 11.3. The third kappa shape index (κ3) is 4.33. The maximum Gasteiger partial charge on any atom is 0.180 e. The Bertz CT molecular complexity index is 406. The van der Waals surface area contributed by atoms with Crippen molar-refractivity contribution in [3.63, 3.8) is 0 Å². The normalized spacial score (nSPS) is 24.8. The molecular weight excluding hydrogens is 224 g/mol. The van der Waals surface area contributed by atoms with Crippen LogP contribution in [-0.4, -0.2) is 19.5 Å². The van der Waals surface area contributed by atoms with Gasteiger partial charge in [0.2, 0.25) is 0 Å². The first-order valence-electron chi connectivity index (χ1n) is 6.48. The fraction of sp³-hybridized carbons (Fsp3) is 0.625. The topological polar surface area (TPSA) is 18.5 Å². The van der Waals surface area contributed by atoms with Crippen molar-refractivity contribution in [3.05, 3.63) is 22.3 Å². The van der Waals surface area contributed by atoms with Crippen molar-refractivity contribution < 1.29 is 9.47 Å². The lowest BCUT2D eigenvalue weighted by atomic mass is 10.1. The first-order chi connectivity index (χ1) is 8.41. The van der Waals surface area contributed by atoms with E-state index in [1.165, 1.54) is 5.57 Å². The highest BCUT2D eigenvalue weighted by Crippen LogP contribution is 2.19. The van der Waals surface area contributed by atoms with Crippen molar-refractivity contribution in [1.29, 1.82) is 0 Å². The van der Waals surface area contributed by atoms with Crippen molar-refractivity contribution >= 4 is 0 Å². The maximum absolute atomic E-state index is 5.67. The van der Waals surface area contributed by atoms with Crippen LogP contribution in [0.4, 0.5) is 0 Å². The smallest absolute Gasteiger partial charge is 0.180 e. The van der Waals surface area contributed by atoms with Crippen LogP contribution in [0.2, 0.25) is 0 Å². The van der Waals surface area contributed by atoms with Crippen molar-refractivity contribution in [2.45, 2.75) is 47.8 Å². The molecule has 1 fully saturated rings. The van der Waals surface area contributed by atoms with E-state index in [-0.39, 0.29) is 6.29 Å². The molecule has 0 radical (unpaired) electrons. The van der Waals surface area contributed by atoms with Gasteiger partial charge in [0, 0.05) is 11.5 Å². The van der Waals surface area contributed by atoms with Gasteiger partial charge in [0.25, 0.3) is 0 Å². The summed E-state index contributed by atoms with van der Waals surface area (Å²) in [7, 11) is 0. The highest BCUT2D eigenvalue weighted by molar-refractivity contribution is 5.40. The molecule has 0 atom stereocenters. The van der Waals surface area contributed by atoms with Crippen LogP contribution in [0.1, 0.15) is 41.5 Å². The standard InChI is InChI=1S/C16H24O2/c1-11(2)13(4)7-8-14(5)15(6)16-17-9-12(3)10-18-16/h12,16H,9-10H2,1-6H3/b15-14+. The molecule has 0 amide bonds. The quantitative estimate of drug-likeness (QED) is 0.659. The SMILES string of the molecule is CC(C)=C(C)C#C/C(C)=C(\C)C1OCC(C)CO1. The molecule has 0 aromatic rings. The molecule has 0 aliphatic carbocycles. The number of hydrogen-bond donors (Lipinski definition) is 0. The average molecular weight is 248 g/mol. The molecule has 0 spiro atoms. The number of allylic oxidation sites excluding steroid dienone is 3. The van der Waals surface area contributed by atoms with Crippen molar-refractivity contribution in [2.75, 3.05) is 13.2 Å².